The van der Waals surface area contributed by atoms with Gasteiger partial charge in [0, 0.05) is 16.5 Å². The highest BCUT2D eigenvalue weighted by Gasteiger charge is 2.39. The highest BCUT2D eigenvalue weighted by molar-refractivity contribution is 7.32. The summed E-state index contributed by atoms with van der Waals surface area (Å²) in [4.78, 5) is 9.10. The summed E-state index contributed by atoms with van der Waals surface area (Å²) in [5, 5.41) is 10.7. The van der Waals surface area contributed by atoms with Crippen LogP contribution in [-0.4, -0.2) is 10.00 Å². The number of aliphatic hydroxyl groups is 1. The van der Waals surface area contributed by atoms with Crippen LogP contribution in [0, 0.1) is 0 Å². The molecular weight excluding hydrogens is 383 g/mol. The lowest BCUT2D eigenvalue weighted by Crippen LogP contribution is -2.26. The average molecular weight is 426 g/mol. The summed E-state index contributed by atoms with van der Waals surface area (Å²) in [5.41, 5.74) is 0.530. The number of hydrogen-bond donors (Lipinski definition) is 2. The quantitative estimate of drug-likeness (QED) is 0.135. The molecule has 0 aliphatic rings. The van der Waals surface area contributed by atoms with Crippen LogP contribution in [-0.2, 0) is 14.9 Å². The van der Waals surface area contributed by atoms with Gasteiger partial charge in [0.1, 0.15) is 0 Å². The molecule has 1 rings (SSSR count). The fraction of sp³-hybridized carbons (Fsp3) is 0.750. The van der Waals surface area contributed by atoms with E-state index in [0.717, 1.165) is 19.3 Å². The van der Waals surface area contributed by atoms with Gasteiger partial charge in [-0.05, 0) is 6.42 Å². The molecule has 0 saturated carbocycles. The first-order chi connectivity index (χ1) is 14.1. The van der Waals surface area contributed by atoms with Crippen LogP contribution in [0.4, 0.5) is 0 Å². The van der Waals surface area contributed by atoms with Crippen molar-refractivity contribution in [3.63, 3.8) is 0 Å². The van der Waals surface area contributed by atoms with Crippen molar-refractivity contribution in [2.45, 2.75) is 115 Å². The largest absolute Gasteiger partial charge is 0.698 e. The van der Waals surface area contributed by atoms with Gasteiger partial charge in [-0.15, -0.1) is 4.89 Å². The summed E-state index contributed by atoms with van der Waals surface area (Å²) in [6, 6.07) is 8.88. The van der Waals surface area contributed by atoms with E-state index in [2.05, 4.69) is 6.92 Å². The fourth-order valence-corrected chi connectivity index (χ4v) is 4.26. The van der Waals surface area contributed by atoms with Gasteiger partial charge in [-0.2, -0.15) is 0 Å². The normalized spacial score (nSPS) is 14.0. The topological polar surface area (TPSA) is 66.8 Å². The maximum Gasteiger partial charge on any atom is 0.698 e. The van der Waals surface area contributed by atoms with Gasteiger partial charge in [0.05, 0.1) is 0 Å². The monoisotopic (exact) mass is 425 g/mol. The van der Waals surface area contributed by atoms with E-state index in [4.69, 9.17) is 9.42 Å². The Morgan fingerprint density at radius 3 is 1.59 bits per heavy atom. The van der Waals surface area contributed by atoms with Crippen molar-refractivity contribution in [1.29, 1.82) is 0 Å². The third-order valence-electron chi connectivity index (χ3n) is 5.57. The summed E-state index contributed by atoms with van der Waals surface area (Å²) < 4.78 is 16.1. The van der Waals surface area contributed by atoms with Gasteiger partial charge in [-0.3, -0.25) is 0 Å². The van der Waals surface area contributed by atoms with Gasteiger partial charge in [0.15, 0.2) is 0 Å². The number of rotatable bonds is 19. The Labute approximate surface area is 179 Å². The van der Waals surface area contributed by atoms with Crippen molar-refractivity contribution >= 4 is 8.25 Å². The van der Waals surface area contributed by atoms with E-state index in [9.17, 15) is 9.67 Å². The minimum atomic E-state index is -2.86. The molecule has 0 saturated heterocycles. The zero-order valence-corrected chi connectivity index (χ0v) is 19.3. The van der Waals surface area contributed by atoms with E-state index in [-0.39, 0.29) is 0 Å². The van der Waals surface area contributed by atoms with E-state index in [1.54, 1.807) is 24.3 Å². The average Bonchev–Trinajstić information content (AvgIpc) is 2.71. The Morgan fingerprint density at radius 2 is 1.17 bits per heavy atom. The van der Waals surface area contributed by atoms with Crippen molar-refractivity contribution in [2.75, 3.05) is 0 Å². The molecule has 4 nitrogen and oxygen atoms in total. The zero-order chi connectivity index (χ0) is 21.2. The maximum atomic E-state index is 11.1. The van der Waals surface area contributed by atoms with Crippen LogP contribution in [0.15, 0.2) is 30.3 Å². The predicted octanol–water partition coefficient (Wildman–Crippen LogP) is 7.76. The maximum absolute atomic E-state index is 11.1. The lowest BCUT2D eigenvalue weighted by atomic mass is 9.98. The number of unbranched alkanes of at least 4 members (excludes halogenated alkanes) is 14. The lowest BCUT2D eigenvalue weighted by Gasteiger charge is -2.21. The minimum Gasteiger partial charge on any atom is -0.358 e. The van der Waals surface area contributed by atoms with Crippen LogP contribution in [0.5, 0.6) is 0 Å². The Bertz CT molecular complexity index is 523. The van der Waals surface area contributed by atoms with Crippen molar-refractivity contribution in [2.24, 2.45) is 0 Å². The van der Waals surface area contributed by atoms with Crippen molar-refractivity contribution in [3.05, 3.63) is 35.9 Å². The van der Waals surface area contributed by atoms with E-state index in [0.29, 0.717) is 12.0 Å². The van der Waals surface area contributed by atoms with Crippen LogP contribution in [0.1, 0.15) is 115 Å². The first kappa shape index (κ1) is 26.2. The Kier molecular flexibility index (Phi) is 15.3. The number of benzene rings is 1. The third-order valence-corrected chi connectivity index (χ3v) is 6.03. The zero-order valence-electron chi connectivity index (χ0n) is 18.4. The van der Waals surface area contributed by atoms with Gasteiger partial charge in [0.25, 0.3) is 0 Å². The first-order valence-corrected chi connectivity index (χ1v) is 12.8. The molecule has 0 fully saturated rings. The Balaban J connectivity index is 2.03. The number of hydrogen-bond acceptors (Lipinski definition) is 3. The van der Waals surface area contributed by atoms with E-state index < -0.39 is 14.0 Å². The van der Waals surface area contributed by atoms with Crippen LogP contribution in [0.2, 0.25) is 0 Å². The van der Waals surface area contributed by atoms with Crippen molar-refractivity contribution < 1.29 is 19.1 Å². The highest BCUT2D eigenvalue weighted by Crippen LogP contribution is 2.36. The molecule has 0 heterocycles. The summed E-state index contributed by atoms with van der Waals surface area (Å²) in [5.74, 6) is -1.68. The van der Waals surface area contributed by atoms with Crippen LogP contribution < -0.4 is 0 Å². The molecule has 0 aromatic heterocycles. The second-order valence-corrected chi connectivity index (χ2v) is 8.84. The molecule has 2 N–H and O–H groups in total. The first-order valence-electron chi connectivity index (χ1n) is 11.7. The van der Waals surface area contributed by atoms with Gasteiger partial charge < -0.3 is 5.11 Å². The molecule has 0 bridgehead atoms. The molecule has 2 atom stereocenters. The Hall–Kier alpha value is -0.800. The minimum absolute atomic E-state index is 0.330. The van der Waals surface area contributed by atoms with E-state index >= 15 is 0 Å². The lowest BCUT2D eigenvalue weighted by molar-refractivity contribution is -0.153. The van der Waals surface area contributed by atoms with Crippen LogP contribution >= 0.6 is 8.25 Å². The molecule has 2 unspecified atom stereocenters. The molecule has 1 aromatic rings. The molecule has 0 aliphatic carbocycles. The van der Waals surface area contributed by atoms with Gasteiger partial charge in [-0.25, -0.2) is 0 Å². The van der Waals surface area contributed by atoms with E-state index in [1.807, 2.05) is 6.07 Å². The molecule has 0 radical (unpaired) electrons. The smallest absolute Gasteiger partial charge is 0.358 e. The SMILES string of the molecule is CCCCCCCCCCCCCCCCCC(O)(O[P+](=O)O)c1ccccc1. The third kappa shape index (κ3) is 13.2. The summed E-state index contributed by atoms with van der Waals surface area (Å²) >= 11 is 0. The summed E-state index contributed by atoms with van der Waals surface area (Å²) in [6.45, 7) is 2.26. The molecule has 166 valence electrons. The second kappa shape index (κ2) is 16.9. The van der Waals surface area contributed by atoms with Crippen molar-refractivity contribution in [3.8, 4) is 0 Å². The molecule has 5 heteroatoms. The standard InChI is InChI=1S/C24H41O4P/c1-2-3-4-5-6-7-8-9-10-11-12-13-14-15-19-22-24(25,28-29(26)27)23-20-17-16-18-21-23/h16-18,20-21,25H,2-15,19,22H2,1H3/p+1. The molecule has 0 spiro atoms. The van der Waals surface area contributed by atoms with Crippen LogP contribution in [0.3, 0.4) is 0 Å². The van der Waals surface area contributed by atoms with Crippen molar-refractivity contribution in [1.82, 2.24) is 0 Å². The fourth-order valence-electron chi connectivity index (χ4n) is 3.81. The van der Waals surface area contributed by atoms with Crippen LogP contribution in [0.25, 0.3) is 0 Å². The molecule has 0 aliphatic heterocycles. The Morgan fingerprint density at radius 1 is 0.759 bits per heavy atom. The summed E-state index contributed by atoms with van der Waals surface area (Å²) in [6.07, 6.45) is 19.5. The molecule has 0 amide bonds. The van der Waals surface area contributed by atoms with Gasteiger partial charge in [0.2, 0.25) is 5.79 Å². The second-order valence-electron chi connectivity index (χ2n) is 8.18. The van der Waals surface area contributed by atoms with E-state index in [1.165, 1.54) is 77.0 Å². The highest BCUT2D eigenvalue weighted by atomic mass is 31.1. The predicted molar refractivity (Wildman–Crippen MR) is 121 cm³/mol. The summed E-state index contributed by atoms with van der Waals surface area (Å²) in [7, 11) is -2.86. The molecular formula is C24H42O4P+. The molecule has 29 heavy (non-hydrogen) atoms. The van der Waals surface area contributed by atoms with Gasteiger partial charge >= 0.3 is 8.25 Å². The van der Waals surface area contributed by atoms with Gasteiger partial charge in [-0.1, -0.05) is 132 Å². The molecule has 1 aromatic carbocycles.